The Labute approximate surface area is 165 Å². The maximum absolute atomic E-state index is 13.3. The zero-order valence-corrected chi connectivity index (χ0v) is 16.8. The summed E-state index contributed by atoms with van der Waals surface area (Å²) in [5.74, 6) is 0.679. The Morgan fingerprint density at radius 1 is 1.36 bits per heavy atom. The van der Waals surface area contributed by atoms with Gasteiger partial charge in [-0.2, -0.15) is 5.10 Å². The average molecular weight is 380 g/mol. The van der Waals surface area contributed by atoms with Crippen LogP contribution in [0.1, 0.15) is 42.8 Å². The number of pyridine rings is 1. The number of rotatable bonds is 5. The van der Waals surface area contributed by atoms with Crippen LogP contribution < -0.4 is 5.32 Å². The molecular formula is C21H28N6O. The van der Waals surface area contributed by atoms with Crippen LogP contribution in [-0.2, 0) is 18.4 Å². The number of aromatic nitrogens is 4. The summed E-state index contributed by atoms with van der Waals surface area (Å²) < 4.78 is 3.87. The smallest absolute Gasteiger partial charge is 0.244 e. The van der Waals surface area contributed by atoms with Gasteiger partial charge in [0.05, 0.1) is 18.1 Å². The maximum atomic E-state index is 13.3. The van der Waals surface area contributed by atoms with Crippen LogP contribution >= 0.6 is 0 Å². The second-order valence-corrected chi connectivity index (χ2v) is 7.90. The molecule has 1 aliphatic heterocycles. The van der Waals surface area contributed by atoms with Crippen LogP contribution in [0.25, 0.3) is 5.65 Å². The molecule has 3 aromatic heterocycles. The molecule has 4 heterocycles. The van der Waals surface area contributed by atoms with E-state index in [1.54, 1.807) is 10.9 Å². The molecule has 2 atom stereocenters. The normalized spacial score (nSPS) is 18.5. The zero-order valence-electron chi connectivity index (χ0n) is 16.8. The molecule has 7 nitrogen and oxygen atoms in total. The number of amides is 1. The topological polar surface area (TPSA) is 67.5 Å². The lowest BCUT2D eigenvalue weighted by Crippen LogP contribution is -2.45. The molecule has 3 aromatic rings. The third kappa shape index (κ3) is 3.67. The fraction of sp³-hybridized carbons (Fsp3) is 0.476. The molecule has 1 aliphatic rings. The average Bonchev–Trinajstić information content (AvgIpc) is 3.29. The Kier molecular flexibility index (Phi) is 5.17. The number of piperidine rings is 1. The van der Waals surface area contributed by atoms with E-state index in [1.807, 2.05) is 36.5 Å². The molecule has 0 aliphatic carbocycles. The summed E-state index contributed by atoms with van der Waals surface area (Å²) in [5.41, 5.74) is 3.99. The minimum Gasteiger partial charge on any atom is -0.341 e. The van der Waals surface area contributed by atoms with Crippen LogP contribution in [0.5, 0.6) is 0 Å². The van der Waals surface area contributed by atoms with Crippen LogP contribution in [0.4, 0.5) is 0 Å². The van der Waals surface area contributed by atoms with E-state index in [0.29, 0.717) is 12.5 Å². The number of nitrogens with one attached hydrogen (secondary N) is 1. The number of carbonyl (C=O) groups excluding carboxylic acids is 1. The Bertz CT molecular complexity index is 974. The van der Waals surface area contributed by atoms with Gasteiger partial charge in [-0.05, 0) is 37.8 Å². The van der Waals surface area contributed by atoms with Gasteiger partial charge in [0.25, 0.3) is 0 Å². The van der Waals surface area contributed by atoms with Gasteiger partial charge in [0.2, 0.25) is 5.91 Å². The molecule has 1 saturated heterocycles. The van der Waals surface area contributed by atoms with Crippen molar-refractivity contribution in [2.75, 3.05) is 13.1 Å². The number of fused-ring (bicyclic) bond motifs is 1. The molecule has 0 saturated carbocycles. The highest BCUT2D eigenvalue weighted by Gasteiger charge is 2.29. The van der Waals surface area contributed by atoms with E-state index in [2.05, 4.69) is 39.7 Å². The first-order valence-electron chi connectivity index (χ1n) is 9.95. The van der Waals surface area contributed by atoms with Gasteiger partial charge in [0.1, 0.15) is 11.7 Å². The number of carbonyl (C=O) groups is 1. The van der Waals surface area contributed by atoms with Crippen molar-refractivity contribution >= 4 is 11.6 Å². The molecule has 0 radical (unpaired) electrons. The third-order valence-electron chi connectivity index (χ3n) is 5.56. The lowest BCUT2D eigenvalue weighted by atomic mass is 9.99. The van der Waals surface area contributed by atoms with E-state index < -0.39 is 6.04 Å². The molecule has 7 heteroatoms. The Morgan fingerprint density at radius 2 is 2.21 bits per heavy atom. The summed E-state index contributed by atoms with van der Waals surface area (Å²) in [4.78, 5) is 19.8. The van der Waals surface area contributed by atoms with Gasteiger partial charge in [0.15, 0.2) is 0 Å². The van der Waals surface area contributed by atoms with Crippen LogP contribution in [-0.4, -0.2) is 43.1 Å². The fourth-order valence-corrected chi connectivity index (χ4v) is 4.12. The van der Waals surface area contributed by atoms with Gasteiger partial charge in [-0.15, -0.1) is 0 Å². The molecule has 28 heavy (non-hydrogen) atoms. The van der Waals surface area contributed by atoms with Crippen molar-refractivity contribution in [2.45, 2.75) is 39.3 Å². The van der Waals surface area contributed by atoms with E-state index in [0.717, 1.165) is 42.1 Å². The van der Waals surface area contributed by atoms with E-state index in [4.69, 9.17) is 0 Å². The molecule has 2 unspecified atom stereocenters. The quantitative estimate of drug-likeness (QED) is 0.738. The predicted octanol–water partition coefficient (Wildman–Crippen LogP) is 2.47. The van der Waals surface area contributed by atoms with Crippen molar-refractivity contribution in [2.24, 2.45) is 13.0 Å². The molecular weight excluding hydrogens is 352 g/mol. The van der Waals surface area contributed by atoms with Crippen molar-refractivity contribution < 1.29 is 4.79 Å². The summed E-state index contributed by atoms with van der Waals surface area (Å²) in [6.45, 7) is 6.49. The third-order valence-corrected chi connectivity index (χ3v) is 5.56. The van der Waals surface area contributed by atoms with Gasteiger partial charge < -0.3 is 9.30 Å². The molecule has 1 N–H and O–H groups in total. The largest absolute Gasteiger partial charge is 0.341 e. The van der Waals surface area contributed by atoms with E-state index in [-0.39, 0.29) is 5.91 Å². The standard InChI is InChI=1S/C21H28N6O/c1-15-6-5-9-26(13-15)21(28)20(17-10-24-25(3)14-17)23-12-18-11-22-19-8-4-7-16(2)27(18)19/h4,7-8,10-11,14-15,20,23H,5-6,9,12-13H2,1-3H3. The van der Waals surface area contributed by atoms with Gasteiger partial charge in [0, 0.05) is 44.1 Å². The minimum absolute atomic E-state index is 0.130. The molecule has 148 valence electrons. The molecule has 0 spiro atoms. The van der Waals surface area contributed by atoms with Crippen molar-refractivity contribution in [3.63, 3.8) is 0 Å². The van der Waals surface area contributed by atoms with Crippen LogP contribution in [0.15, 0.2) is 36.8 Å². The number of hydrogen-bond donors (Lipinski definition) is 1. The second kappa shape index (κ2) is 7.75. The molecule has 4 rings (SSSR count). The van der Waals surface area contributed by atoms with Crippen molar-refractivity contribution in [1.29, 1.82) is 0 Å². The first kappa shape index (κ1) is 18.7. The first-order chi connectivity index (χ1) is 13.5. The lowest BCUT2D eigenvalue weighted by molar-refractivity contribution is -0.135. The number of hydrogen-bond acceptors (Lipinski definition) is 4. The summed E-state index contributed by atoms with van der Waals surface area (Å²) in [6, 6.07) is 5.66. The van der Waals surface area contributed by atoms with Crippen molar-refractivity contribution in [3.8, 4) is 0 Å². The van der Waals surface area contributed by atoms with Gasteiger partial charge >= 0.3 is 0 Å². The highest BCUT2D eigenvalue weighted by atomic mass is 16.2. The van der Waals surface area contributed by atoms with Crippen molar-refractivity contribution in [1.82, 2.24) is 29.4 Å². The lowest BCUT2D eigenvalue weighted by Gasteiger charge is -2.33. The summed E-state index contributed by atoms with van der Waals surface area (Å²) in [7, 11) is 1.88. The van der Waals surface area contributed by atoms with E-state index in [9.17, 15) is 4.79 Å². The summed E-state index contributed by atoms with van der Waals surface area (Å²) >= 11 is 0. The predicted molar refractivity (Wildman–Crippen MR) is 108 cm³/mol. The number of likely N-dealkylation sites (tertiary alicyclic amines) is 1. The van der Waals surface area contributed by atoms with Crippen molar-refractivity contribution in [3.05, 3.63) is 53.7 Å². The fourth-order valence-electron chi connectivity index (χ4n) is 4.12. The van der Waals surface area contributed by atoms with Gasteiger partial charge in [-0.25, -0.2) is 4.98 Å². The Morgan fingerprint density at radius 3 is 2.96 bits per heavy atom. The maximum Gasteiger partial charge on any atom is 0.244 e. The molecule has 1 fully saturated rings. The first-order valence-corrected chi connectivity index (χ1v) is 9.95. The monoisotopic (exact) mass is 380 g/mol. The Balaban J connectivity index is 1.58. The van der Waals surface area contributed by atoms with Crippen LogP contribution in [0.2, 0.25) is 0 Å². The van der Waals surface area contributed by atoms with E-state index in [1.165, 1.54) is 6.42 Å². The van der Waals surface area contributed by atoms with Gasteiger partial charge in [-0.3, -0.25) is 14.8 Å². The van der Waals surface area contributed by atoms with Gasteiger partial charge in [-0.1, -0.05) is 13.0 Å². The Hall–Kier alpha value is -2.67. The highest BCUT2D eigenvalue weighted by Crippen LogP contribution is 2.22. The summed E-state index contributed by atoms with van der Waals surface area (Å²) in [5, 5.41) is 7.76. The molecule has 0 bridgehead atoms. The zero-order chi connectivity index (χ0) is 19.7. The number of imidazole rings is 1. The van der Waals surface area contributed by atoms with Crippen LogP contribution in [0, 0.1) is 12.8 Å². The SMILES string of the molecule is Cc1cccc2ncc(CNC(C(=O)N3CCCC(C)C3)c3cnn(C)c3)n12. The number of aryl methyl sites for hydroxylation is 2. The van der Waals surface area contributed by atoms with Crippen LogP contribution in [0.3, 0.4) is 0 Å². The number of nitrogens with zero attached hydrogens (tertiary/aromatic N) is 5. The minimum atomic E-state index is -0.409. The highest BCUT2D eigenvalue weighted by molar-refractivity contribution is 5.83. The van der Waals surface area contributed by atoms with E-state index >= 15 is 0 Å². The second-order valence-electron chi connectivity index (χ2n) is 7.90. The summed E-state index contributed by atoms with van der Waals surface area (Å²) in [6.07, 6.45) is 7.84. The molecule has 1 amide bonds. The molecule has 0 aromatic carbocycles.